The molecule has 2 aromatic carbocycles. The SMILES string of the molecule is Nc1cc(C(=O)c2no[n+]([O-])c2C(=O)c2ccc(Cl)c(N)c2)ccc1Cl. The van der Waals surface area contributed by atoms with Gasteiger partial charge in [-0.1, -0.05) is 23.2 Å². The molecule has 3 aromatic rings. The summed E-state index contributed by atoms with van der Waals surface area (Å²) >= 11 is 11.6. The van der Waals surface area contributed by atoms with Crippen LogP contribution in [0.25, 0.3) is 0 Å². The van der Waals surface area contributed by atoms with E-state index in [4.69, 9.17) is 34.7 Å². The normalized spacial score (nSPS) is 10.7. The maximum Gasteiger partial charge on any atom is 0.300 e. The lowest BCUT2D eigenvalue weighted by Crippen LogP contribution is -2.33. The second kappa shape index (κ2) is 6.66. The molecule has 10 heteroatoms. The van der Waals surface area contributed by atoms with Gasteiger partial charge in [-0.05, 0) is 41.3 Å². The molecule has 0 aliphatic rings. The van der Waals surface area contributed by atoms with E-state index in [-0.39, 0.29) is 37.5 Å². The number of hydrogen-bond donors (Lipinski definition) is 2. The van der Waals surface area contributed by atoms with Gasteiger partial charge < -0.3 is 16.7 Å². The summed E-state index contributed by atoms with van der Waals surface area (Å²) in [7, 11) is 0. The molecule has 0 amide bonds. The van der Waals surface area contributed by atoms with E-state index >= 15 is 0 Å². The number of anilines is 2. The Balaban J connectivity index is 2.05. The van der Waals surface area contributed by atoms with Crippen LogP contribution in [0.1, 0.15) is 32.1 Å². The molecular weight excluding hydrogens is 383 g/mol. The number of carbonyl (C=O) groups is 2. The molecule has 8 nitrogen and oxygen atoms in total. The second-order valence-corrected chi connectivity index (χ2v) is 6.07. The van der Waals surface area contributed by atoms with Crippen LogP contribution in [-0.4, -0.2) is 16.7 Å². The molecule has 0 bridgehead atoms. The van der Waals surface area contributed by atoms with Crippen molar-refractivity contribution in [3.8, 4) is 0 Å². The minimum Gasteiger partial charge on any atom is -0.398 e. The fourth-order valence-electron chi connectivity index (χ4n) is 2.23. The molecule has 1 aromatic heterocycles. The summed E-state index contributed by atoms with van der Waals surface area (Å²) in [4.78, 5) is 25.1. The largest absolute Gasteiger partial charge is 0.398 e. The molecule has 3 rings (SSSR count). The summed E-state index contributed by atoms with van der Waals surface area (Å²) in [5.74, 6) is -1.52. The molecule has 0 aliphatic carbocycles. The Hall–Kier alpha value is -3.10. The molecule has 0 saturated carbocycles. The van der Waals surface area contributed by atoms with Gasteiger partial charge in [-0.25, -0.2) is 0 Å². The van der Waals surface area contributed by atoms with E-state index in [0.29, 0.717) is 0 Å². The lowest BCUT2D eigenvalue weighted by Gasteiger charge is -2.03. The van der Waals surface area contributed by atoms with Crippen molar-refractivity contribution in [1.82, 2.24) is 5.16 Å². The lowest BCUT2D eigenvalue weighted by atomic mass is 10.0. The fourth-order valence-corrected chi connectivity index (χ4v) is 2.47. The second-order valence-electron chi connectivity index (χ2n) is 5.26. The number of aromatic nitrogens is 2. The molecule has 0 saturated heterocycles. The number of hydrogen-bond acceptors (Lipinski definition) is 7. The van der Waals surface area contributed by atoms with Gasteiger partial charge in [0.1, 0.15) is 0 Å². The van der Waals surface area contributed by atoms with Gasteiger partial charge in [-0.2, -0.15) is 0 Å². The highest BCUT2D eigenvalue weighted by Gasteiger charge is 2.33. The van der Waals surface area contributed by atoms with E-state index in [1.165, 1.54) is 36.4 Å². The van der Waals surface area contributed by atoms with Crippen molar-refractivity contribution in [2.45, 2.75) is 0 Å². The summed E-state index contributed by atoms with van der Waals surface area (Å²) in [6, 6.07) is 8.15. The topological polar surface area (TPSA) is 139 Å². The highest BCUT2D eigenvalue weighted by atomic mass is 35.5. The predicted molar refractivity (Wildman–Crippen MR) is 94.1 cm³/mol. The van der Waals surface area contributed by atoms with Gasteiger partial charge >= 0.3 is 0 Å². The number of nitrogens with zero attached hydrogens (tertiary/aromatic N) is 2. The summed E-state index contributed by atoms with van der Waals surface area (Å²) < 4.78 is 4.44. The number of nitrogens with two attached hydrogens (primary N) is 2. The summed E-state index contributed by atoms with van der Waals surface area (Å²) in [6.45, 7) is 0. The van der Waals surface area contributed by atoms with Gasteiger partial charge in [-0.15, -0.1) is 0 Å². The van der Waals surface area contributed by atoms with Gasteiger partial charge in [0, 0.05) is 11.1 Å². The molecule has 26 heavy (non-hydrogen) atoms. The van der Waals surface area contributed by atoms with Crippen LogP contribution in [0.2, 0.25) is 10.0 Å². The van der Waals surface area contributed by atoms with E-state index in [2.05, 4.69) is 9.79 Å². The van der Waals surface area contributed by atoms with Crippen LogP contribution in [0, 0.1) is 5.21 Å². The van der Waals surface area contributed by atoms with Crippen LogP contribution in [0.3, 0.4) is 0 Å². The van der Waals surface area contributed by atoms with E-state index < -0.39 is 23.0 Å². The van der Waals surface area contributed by atoms with Gasteiger partial charge in [0.25, 0.3) is 11.4 Å². The molecule has 0 atom stereocenters. The first kappa shape index (κ1) is 17.7. The highest BCUT2D eigenvalue weighted by Crippen LogP contribution is 2.24. The Morgan fingerprint density at radius 1 is 0.962 bits per heavy atom. The summed E-state index contributed by atoms with van der Waals surface area (Å²) in [5.41, 5.74) is 10.7. The molecule has 0 aliphatic heterocycles. The zero-order chi connectivity index (χ0) is 19.0. The van der Waals surface area contributed by atoms with Gasteiger partial charge in [0.15, 0.2) is 0 Å². The quantitative estimate of drug-likeness (QED) is 0.394. The first-order chi connectivity index (χ1) is 12.3. The molecule has 0 fully saturated rings. The average molecular weight is 393 g/mol. The van der Waals surface area contributed by atoms with Crippen molar-refractivity contribution < 1.29 is 19.1 Å². The molecule has 4 N–H and O–H groups in total. The van der Waals surface area contributed by atoms with Crippen molar-refractivity contribution in [3.63, 3.8) is 0 Å². The Kier molecular flexibility index (Phi) is 4.54. The van der Waals surface area contributed by atoms with Crippen LogP contribution in [0.5, 0.6) is 0 Å². The molecule has 132 valence electrons. The van der Waals surface area contributed by atoms with Crippen molar-refractivity contribution in [2.75, 3.05) is 11.5 Å². The van der Waals surface area contributed by atoms with Crippen molar-refractivity contribution in [2.24, 2.45) is 0 Å². The molecular formula is C16H10Cl2N4O4. The highest BCUT2D eigenvalue weighted by molar-refractivity contribution is 6.33. The number of carbonyl (C=O) groups excluding carboxylic acids is 2. The number of ketones is 2. The Morgan fingerprint density at radius 3 is 1.96 bits per heavy atom. The fraction of sp³-hybridized carbons (Fsp3) is 0. The van der Waals surface area contributed by atoms with Gasteiger partial charge in [0.05, 0.1) is 26.6 Å². The lowest BCUT2D eigenvalue weighted by molar-refractivity contribution is -0.803. The Labute approximate surface area is 156 Å². The van der Waals surface area contributed by atoms with Crippen LogP contribution in [-0.2, 0) is 0 Å². The standard InChI is InChI=1S/C16H10Cl2N4O4/c17-9-3-1-7(5-11(9)19)15(23)13-14(22(25)26-21-13)16(24)8-2-4-10(18)12(20)6-8/h1-6H,19-20H2. The maximum absolute atomic E-state index is 12.7. The van der Waals surface area contributed by atoms with E-state index in [0.717, 1.165) is 0 Å². The Morgan fingerprint density at radius 2 is 1.46 bits per heavy atom. The maximum atomic E-state index is 12.7. The minimum absolute atomic E-state index is 0.0457. The third-order valence-electron chi connectivity index (χ3n) is 3.56. The molecule has 1 heterocycles. The third kappa shape index (κ3) is 3.07. The Bertz CT molecular complexity index is 1050. The number of rotatable bonds is 4. The van der Waals surface area contributed by atoms with Crippen LogP contribution in [0.15, 0.2) is 41.0 Å². The van der Waals surface area contributed by atoms with Crippen molar-refractivity contribution in [3.05, 3.63) is 74.2 Å². The smallest absolute Gasteiger partial charge is 0.300 e. The molecule has 0 unspecified atom stereocenters. The number of nitrogen functional groups attached to an aromatic ring is 2. The minimum atomic E-state index is -0.796. The first-order valence-electron chi connectivity index (χ1n) is 7.08. The summed E-state index contributed by atoms with van der Waals surface area (Å²) in [5, 5.41) is 15.8. The third-order valence-corrected chi connectivity index (χ3v) is 4.25. The number of benzene rings is 2. The van der Waals surface area contributed by atoms with Crippen molar-refractivity contribution in [1.29, 1.82) is 0 Å². The van der Waals surface area contributed by atoms with Crippen LogP contribution in [0.4, 0.5) is 11.4 Å². The van der Waals surface area contributed by atoms with E-state index in [9.17, 15) is 14.8 Å². The summed E-state index contributed by atoms with van der Waals surface area (Å²) in [6.07, 6.45) is 0. The number of halogens is 2. The monoisotopic (exact) mass is 392 g/mol. The van der Waals surface area contributed by atoms with E-state index in [1.54, 1.807) is 0 Å². The van der Waals surface area contributed by atoms with Gasteiger partial charge in [0.2, 0.25) is 11.6 Å². The predicted octanol–water partition coefficient (Wildman–Crippen LogP) is 2.24. The van der Waals surface area contributed by atoms with Crippen LogP contribution < -0.4 is 16.4 Å². The van der Waals surface area contributed by atoms with Gasteiger partial charge in [-0.3, -0.25) is 14.2 Å². The zero-order valence-corrected chi connectivity index (χ0v) is 14.4. The van der Waals surface area contributed by atoms with Crippen LogP contribution >= 0.6 is 23.2 Å². The zero-order valence-electron chi connectivity index (χ0n) is 12.9. The first-order valence-corrected chi connectivity index (χ1v) is 7.84. The van der Waals surface area contributed by atoms with Crippen molar-refractivity contribution >= 4 is 46.1 Å². The molecule has 0 spiro atoms. The van der Waals surface area contributed by atoms with E-state index in [1.807, 2.05) is 0 Å². The average Bonchev–Trinajstić information content (AvgIpc) is 3.00. The molecule has 0 radical (unpaired) electrons.